The molecule has 0 radical (unpaired) electrons. The fourth-order valence-electron chi connectivity index (χ4n) is 2.58. The van der Waals surface area contributed by atoms with E-state index < -0.39 is 0 Å². The van der Waals surface area contributed by atoms with Crippen LogP contribution in [0, 0.1) is 0 Å². The molecule has 1 aliphatic rings. The normalized spacial score (nSPS) is 18.4. The van der Waals surface area contributed by atoms with Gasteiger partial charge in [-0.15, -0.1) is 0 Å². The molecule has 0 heterocycles. The highest BCUT2D eigenvalue weighted by Crippen LogP contribution is 2.33. The first-order valence-electron chi connectivity index (χ1n) is 6.37. The van der Waals surface area contributed by atoms with Crippen LogP contribution in [0.4, 0.5) is 5.69 Å². The molecule has 2 N–H and O–H groups in total. The Morgan fingerprint density at radius 2 is 2.00 bits per heavy atom. The third-order valence-electron chi connectivity index (χ3n) is 3.75. The summed E-state index contributed by atoms with van der Waals surface area (Å²) >= 11 is 3.67. The van der Waals surface area contributed by atoms with Gasteiger partial charge in [0.15, 0.2) is 0 Å². The molecule has 1 saturated carbocycles. The summed E-state index contributed by atoms with van der Waals surface area (Å²) in [4.78, 5) is 2.40. The maximum atomic E-state index is 5.90. The number of rotatable bonds is 3. The van der Waals surface area contributed by atoms with Gasteiger partial charge in [-0.3, -0.25) is 0 Å². The smallest absolute Gasteiger partial charge is 0.0510 e. The zero-order chi connectivity index (χ0) is 12.4. The van der Waals surface area contributed by atoms with E-state index in [1.165, 1.54) is 36.9 Å². The van der Waals surface area contributed by atoms with E-state index in [4.69, 9.17) is 5.73 Å². The minimum Gasteiger partial charge on any atom is -0.371 e. The Balaban J connectivity index is 2.20. The maximum Gasteiger partial charge on any atom is 0.0510 e. The molecule has 94 valence electrons. The quantitative estimate of drug-likeness (QED) is 0.918. The zero-order valence-electron chi connectivity index (χ0n) is 10.6. The van der Waals surface area contributed by atoms with E-state index >= 15 is 0 Å². The number of halogens is 1. The molecule has 3 heteroatoms. The van der Waals surface area contributed by atoms with Crippen LogP contribution >= 0.6 is 15.9 Å². The van der Waals surface area contributed by atoms with E-state index in [1.807, 2.05) is 6.92 Å². The Kier molecular flexibility index (Phi) is 4.10. The Hall–Kier alpha value is -0.540. The maximum absolute atomic E-state index is 5.90. The van der Waals surface area contributed by atoms with Crippen LogP contribution in [0.2, 0.25) is 0 Å². The first-order chi connectivity index (χ1) is 8.09. The fourth-order valence-corrected chi connectivity index (χ4v) is 3.26. The van der Waals surface area contributed by atoms with E-state index in [0.717, 1.165) is 4.47 Å². The molecule has 2 nitrogen and oxygen atoms in total. The van der Waals surface area contributed by atoms with Crippen LogP contribution < -0.4 is 10.6 Å². The molecule has 0 aliphatic heterocycles. The Morgan fingerprint density at radius 1 is 1.35 bits per heavy atom. The molecule has 1 atom stereocenters. The van der Waals surface area contributed by atoms with E-state index in [2.05, 4.69) is 46.1 Å². The highest BCUT2D eigenvalue weighted by atomic mass is 79.9. The zero-order valence-corrected chi connectivity index (χ0v) is 12.2. The Morgan fingerprint density at radius 3 is 2.53 bits per heavy atom. The number of hydrogen-bond donors (Lipinski definition) is 1. The van der Waals surface area contributed by atoms with Crippen LogP contribution in [0.1, 0.15) is 44.2 Å². The molecule has 1 fully saturated rings. The lowest BCUT2D eigenvalue weighted by atomic mass is 10.1. The topological polar surface area (TPSA) is 29.3 Å². The molecule has 0 aromatic heterocycles. The summed E-state index contributed by atoms with van der Waals surface area (Å²) in [6.45, 7) is 2.02. The minimum atomic E-state index is 0.0946. The third-order valence-corrected chi connectivity index (χ3v) is 4.39. The lowest BCUT2D eigenvalue weighted by Crippen LogP contribution is -2.29. The van der Waals surface area contributed by atoms with Crippen molar-refractivity contribution in [3.05, 3.63) is 28.2 Å². The molecular weight excluding hydrogens is 276 g/mol. The van der Waals surface area contributed by atoms with Crippen molar-refractivity contribution in [3.8, 4) is 0 Å². The summed E-state index contributed by atoms with van der Waals surface area (Å²) in [6, 6.07) is 7.26. The molecule has 0 amide bonds. The fraction of sp³-hybridized carbons (Fsp3) is 0.571. The van der Waals surface area contributed by atoms with E-state index in [1.54, 1.807) is 0 Å². The lowest BCUT2D eigenvalue weighted by molar-refractivity contribution is 0.652. The van der Waals surface area contributed by atoms with Crippen molar-refractivity contribution in [2.75, 3.05) is 11.9 Å². The van der Waals surface area contributed by atoms with Crippen LogP contribution in [0.3, 0.4) is 0 Å². The minimum absolute atomic E-state index is 0.0946. The molecule has 0 unspecified atom stereocenters. The van der Waals surface area contributed by atoms with Crippen molar-refractivity contribution >= 4 is 21.6 Å². The second-order valence-corrected chi connectivity index (χ2v) is 5.90. The van der Waals surface area contributed by atoms with Crippen LogP contribution in [0.15, 0.2) is 22.7 Å². The van der Waals surface area contributed by atoms with Gasteiger partial charge in [0.05, 0.1) is 5.69 Å². The van der Waals surface area contributed by atoms with Crippen molar-refractivity contribution in [2.24, 2.45) is 5.73 Å². The molecule has 2 rings (SSSR count). The Bertz CT molecular complexity index is 384. The van der Waals surface area contributed by atoms with Crippen molar-refractivity contribution in [1.29, 1.82) is 0 Å². The lowest BCUT2D eigenvalue weighted by Gasteiger charge is -2.28. The van der Waals surface area contributed by atoms with Gasteiger partial charge in [0.2, 0.25) is 0 Å². The second-order valence-electron chi connectivity index (χ2n) is 5.05. The molecular formula is C14H21BrN2. The molecule has 1 aromatic carbocycles. The van der Waals surface area contributed by atoms with Crippen LogP contribution in [-0.4, -0.2) is 13.1 Å². The van der Waals surface area contributed by atoms with Crippen molar-refractivity contribution in [1.82, 2.24) is 0 Å². The number of nitrogens with zero attached hydrogens (tertiary/aromatic N) is 1. The number of nitrogens with two attached hydrogens (primary N) is 1. The predicted molar refractivity (Wildman–Crippen MR) is 77.4 cm³/mol. The first kappa shape index (κ1) is 12.9. The highest BCUT2D eigenvalue weighted by molar-refractivity contribution is 9.10. The van der Waals surface area contributed by atoms with Gasteiger partial charge < -0.3 is 10.6 Å². The molecule has 17 heavy (non-hydrogen) atoms. The third kappa shape index (κ3) is 2.83. The number of anilines is 1. The van der Waals surface area contributed by atoms with Crippen molar-refractivity contribution in [3.63, 3.8) is 0 Å². The van der Waals surface area contributed by atoms with Gasteiger partial charge in [-0.05, 0) is 53.4 Å². The van der Waals surface area contributed by atoms with Gasteiger partial charge in [0.1, 0.15) is 0 Å². The summed E-state index contributed by atoms with van der Waals surface area (Å²) in [5, 5.41) is 0. The molecule has 0 saturated heterocycles. The number of hydrogen-bond acceptors (Lipinski definition) is 2. The molecule has 0 bridgehead atoms. The van der Waals surface area contributed by atoms with Gasteiger partial charge in [0.25, 0.3) is 0 Å². The van der Waals surface area contributed by atoms with Gasteiger partial charge in [-0.25, -0.2) is 0 Å². The Labute approximate surface area is 112 Å². The van der Waals surface area contributed by atoms with E-state index in [0.29, 0.717) is 6.04 Å². The largest absolute Gasteiger partial charge is 0.371 e. The van der Waals surface area contributed by atoms with E-state index in [9.17, 15) is 0 Å². The average Bonchev–Trinajstić information content (AvgIpc) is 2.81. The standard InChI is InChI=1S/C14H21BrN2/c1-10(16)11-7-8-14(13(15)9-11)17(2)12-5-3-4-6-12/h7-10,12H,3-6,16H2,1-2H3/t10-/m0/s1. The summed E-state index contributed by atoms with van der Waals surface area (Å²) < 4.78 is 1.15. The second kappa shape index (κ2) is 5.40. The first-order valence-corrected chi connectivity index (χ1v) is 7.16. The highest BCUT2D eigenvalue weighted by Gasteiger charge is 2.21. The SMILES string of the molecule is C[C@H](N)c1ccc(N(C)C2CCCC2)c(Br)c1. The molecule has 1 aromatic rings. The van der Waals surface area contributed by atoms with Crippen molar-refractivity contribution < 1.29 is 0 Å². The summed E-state index contributed by atoms with van der Waals surface area (Å²) in [6.07, 6.45) is 5.37. The van der Waals surface area contributed by atoms with Crippen LogP contribution in [0.25, 0.3) is 0 Å². The average molecular weight is 297 g/mol. The summed E-state index contributed by atoms with van der Waals surface area (Å²) in [5.74, 6) is 0. The van der Waals surface area contributed by atoms with Crippen molar-refractivity contribution in [2.45, 2.75) is 44.7 Å². The van der Waals surface area contributed by atoms with Gasteiger partial charge >= 0.3 is 0 Å². The van der Waals surface area contributed by atoms with Crippen LogP contribution in [0.5, 0.6) is 0 Å². The summed E-state index contributed by atoms with van der Waals surface area (Å²) in [5.41, 5.74) is 8.36. The van der Waals surface area contributed by atoms with Crippen LogP contribution in [-0.2, 0) is 0 Å². The van der Waals surface area contributed by atoms with Gasteiger partial charge in [-0.1, -0.05) is 18.9 Å². The van der Waals surface area contributed by atoms with E-state index in [-0.39, 0.29) is 6.04 Å². The number of benzene rings is 1. The molecule has 0 spiro atoms. The summed E-state index contributed by atoms with van der Waals surface area (Å²) in [7, 11) is 2.20. The monoisotopic (exact) mass is 296 g/mol. The van der Waals surface area contributed by atoms with Gasteiger partial charge in [-0.2, -0.15) is 0 Å². The molecule has 1 aliphatic carbocycles. The van der Waals surface area contributed by atoms with Gasteiger partial charge in [0, 0.05) is 23.6 Å². The predicted octanol–water partition coefficient (Wildman–Crippen LogP) is 3.85.